The van der Waals surface area contributed by atoms with Crippen LogP contribution in [0.5, 0.6) is 0 Å². The lowest BCUT2D eigenvalue weighted by Gasteiger charge is -2.27. The zero-order valence-corrected chi connectivity index (χ0v) is 12.2. The van der Waals surface area contributed by atoms with Gasteiger partial charge in [-0.05, 0) is 24.5 Å². The highest BCUT2D eigenvalue weighted by Crippen LogP contribution is 2.36. The van der Waals surface area contributed by atoms with E-state index in [0.717, 1.165) is 13.0 Å². The van der Waals surface area contributed by atoms with E-state index in [9.17, 15) is 4.79 Å². The molecule has 4 heteroatoms. The van der Waals surface area contributed by atoms with E-state index >= 15 is 0 Å². The fourth-order valence-electron chi connectivity index (χ4n) is 2.53. The topological polar surface area (TPSA) is 46.3 Å². The SMILES string of the molecule is CCc1ccc(C2C(N)CC(=O)N2CC(C)C)s1. The van der Waals surface area contributed by atoms with Crippen molar-refractivity contribution in [3.05, 3.63) is 21.9 Å². The van der Waals surface area contributed by atoms with Gasteiger partial charge in [0.1, 0.15) is 0 Å². The van der Waals surface area contributed by atoms with Crippen molar-refractivity contribution in [2.24, 2.45) is 11.7 Å². The zero-order valence-electron chi connectivity index (χ0n) is 11.3. The predicted molar refractivity (Wildman–Crippen MR) is 75.6 cm³/mol. The first-order valence-corrected chi connectivity index (χ1v) is 7.48. The molecule has 1 aliphatic heterocycles. The number of thiophene rings is 1. The molecule has 0 radical (unpaired) electrons. The summed E-state index contributed by atoms with van der Waals surface area (Å²) in [5, 5.41) is 0. The number of likely N-dealkylation sites (tertiary alicyclic amines) is 1. The monoisotopic (exact) mass is 266 g/mol. The van der Waals surface area contributed by atoms with E-state index in [-0.39, 0.29) is 18.0 Å². The van der Waals surface area contributed by atoms with Gasteiger partial charge in [0.15, 0.2) is 0 Å². The lowest BCUT2D eigenvalue weighted by Crippen LogP contribution is -2.34. The largest absolute Gasteiger partial charge is 0.333 e. The smallest absolute Gasteiger partial charge is 0.224 e. The minimum Gasteiger partial charge on any atom is -0.333 e. The molecule has 2 unspecified atom stereocenters. The molecule has 0 saturated carbocycles. The first kappa shape index (κ1) is 13.6. The molecule has 0 spiro atoms. The Labute approximate surface area is 113 Å². The van der Waals surface area contributed by atoms with Gasteiger partial charge >= 0.3 is 0 Å². The number of aryl methyl sites for hydroxylation is 1. The molecule has 0 aromatic carbocycles. The van der Waals surface area contributed by atoms with Gasteiger partial charge in [0.05, 0.1) is 6.04 Å². The number of nitrogens with two attached hydrogens (primary N) is 1. The second-order valence-electron chi connectivity index (χ2n) is 5.41. The van der Waals surface area contributed by atoms with Crippen LogP contribution in [0.1, 0.15) is 43.0 Å². The maximum Gasteiger partial charge on any atom is 0.224 e. The molecule has 1 aromatic rings. The Hall–Kier alpha value is -0.870. The summed E-state index contributed by atoms with van der Waals surface area (Å²) < 4.78 is 0. The van der Waals surface area contributed by atoms with Crippen LogP contribution in [0, 0.1) is 5.92 Å². The number of carbonyl (C=O) groups is 1. The highest BCUT2D eigenvalue weighted by Gasteiger charge is 2.39. The third-order valence-corrected chi connectivity index (χ3v) is 4.66. The van der Waals surface area contributed by atoms with Gasteiger partial charge in [0.25, 0.3) is 0 Å². The molecule has 1 fully saturated rings. The van der Waals surface area contributed by atoms with Crippen LogP contribution in [-0.2, 0) is 11.2 Å². The second kappa shape index (κ2) is 5.41. The standard InChI is InChI=1S/C14H22N2OS/c1-4-10-5-6-12(18-10)14-11(15)7-13(17)16(14)8-9(2)3/h5-6,9,11,14H,4,7-8,15H2,1-3H3. The lowest BCUT2D eigenvalue weighted by atomic mass is 10.1. The van der Waals surface area contributed by atoms with Crippen LogP contribution in [0.15, 0.2) is 12.1 Å². The van der Waals surface area contributed by atoms with E-state index < -0.39 is 0 Å². The number of rotatable bonds is 4. The van der Waals surface area contributed by atoms with Gasteiger partial charge in [-0.2, -0.15) is 0 Å². The minimum absolute atomic E-state index is 0.0559. The van der Waals surface area contributed by atoms with E-state index in [4.69, 9.17) is 5.73 Å². The Kier molecular flexibility index (Phi) is 4.07. The summed E-state index contributed by atoms with van der Waals surface area (Å²) in [6.07, 6.45) is 1.53. The normalized spacial score (nSPS) is 24.3. The van der Waals surface area contributed by atoms with Crippen molar-refractivity contribution in [1.82, 2.24) is 4.90 Å². The van der Waals surface area contributed by atoms with E-state index in [1.54, 1.807) is 11.3 Å². The van der Waals surface area contributed by atoms with Gasteiger partial charge in [0.2, 0.25) is 5.91 Å². The van der Waals surface area contributed by atoms with Crippen molar-refractivity contribution in [2.45, 2.75) is 45.7 Å². The molecule has 0 aliphatic carbocycles. The number of amides is 1. The molecular weight excluding hydrogens is 244 g/mol. The van der Waals surface area contributed by atoms with Crippen LogP contribution < -0.4 is 5.73 Å². The molecule has 1 aliphatic rings. The fraction of sp³-hybridized carbons (Fsp3) is 0.643. The summed E-state index contributed by atoms with van der Waals surface area (Å²) in [5.41, 5.74) is 6.16. The van der Waals surface area contributed by atoms with Gasteiger partial charge in [-0.15, -0.1) is 11.3 Å². The molecule has 3 nitrogen and oxygen atoms in total. The number of carbonyl (C=O) groups excluding carboxylic acids is 1. The van der Waals surface area contributed by atoms with Crippen LogP contribution in [0.25, 0.3) is 0 Å². The summed E-state index contributed by atoms with van der Waals surface area (Å²) in [6.45, 7) is 7.23. The molecule has 100 valence electrons. The summed E-state index contributed by atoms with van der Waals surface area (Å²) in [5.74, 6) is 0.681. The van der Waals surface area contributed by atoms with Gasteiger partial charge in [0, 0.05) is 28.8 Å². The summed E-state index contributed by atoms with van der Waals surface area (Å²) in [7, 11) is 0. The predicted octanol–water partition coefficient (Wildman–Crippen LogP) is 2.57. The van der Waals surface area contributed by atoms with Gasteiger partial charge in [-0.3, -0.25) is 4.79 Å². The quantitative estimate of drug-likeness (QED) is 0.910. The third-order valence-electron chi connectivity index (χ3n) is 3.36. The highest BCUT2D eigenvalue weighted by atomic mass is 32.1. The summed E-state index contributed by atoms with van der Waals surface area (Å²) >= 11 is 1.79. The van der Waals surface area contributed by atoms with E-state index in [2.05, 4.69) is 32.9 Å². The molecule has 2 heterocycles. The maximum absolute atomic E-state index is 12.0. The third kappa shape index (κ3) is 2.59. The van der Waals surface area contributed by atoms with Gasteiger partial charge < -0.3 is 10.6 Å². The summed E-state index contributed by atoms with van der Waals surface area (Å²) in [4.78, 5) is 16.6. The second-order valence-corrected chi connectivity index (χ2v) is 6.61. The molecule has 2 atom stereocenters. The highest BCUT2D eigenvalue weighted by molar-refractivity contribution is 7.12. The fourth-order valence-corrected chi connectivity index (χ4v) is 3.68. The Morgan fingerprint density at radius 3 is 2.78 bits per heavy atom. The Morgan fingerprint density at radius 2 is 2.22 bits per heavy atom. The van der Waals surface area contributed by atoms with Crippen molar-refractivity contribution >= 4 is 17.2 Å². The molecule has 1 aromatic heterocycles. The zero-order chi connectivity index (χ0) is 13.3. The Morgan fingerprint density at radius 1 is 1.50 bits per heavy atom. The Balaban J connectivity index is 2.24. The van der Waals surface area contributed by atoms with Crippen molar-refractivity contribution in [1.29, 1.82) is 0 Å². The molecule has 2 rings (SSSR count). The molecule has 0 bridgehead atoms. The van der Waals surface area contributed by atoms with Crippen molar-refractivity contribution < 1.29 is 4.79 Å². The van der Waals surface area contributed by atoms with Crippen LogP contribution >= 0.6 is 11.3 Å². The van der Waals surface area contributed by atoms with Crippen molar-refractivity contribution in [2.75, 3.05) is 6.54 Å². The number of hydrogen-bond acceptors (Lipinski definition) is 3. The van der Waals surface area contributed by atoms with Crippen molar-refractivity contribution in [3.8, 4) is 0 Å². The lowest BCUT2D eigenvalue weighted by molar-refractivity contribution is -0.129. The molecule has 1 saturated heterocycles. The molecule has 1 amide bonds. The van der Waals surface area contributed by atoms with E-state index in [1.807, 2.05) is 4.90 Å². The van der Waals surface area contributed by atoms with Crippen LogP contribution in [0.4, 0.5) is 0 Å². The number of nitrogens with zero attached hydrogens (tertiary/aromatic N) is 1. The first-order chi connectivity index (χ1) is 8.52. The maximum atomic E-state index is 12.0. The first-order valence-electron chi connectivity index (χ1n) is 6.66. The number of hydrogen-bond donors (Lipinski definition) is 1. The summed E-state index contributed by atoms with van der Waals surface area (Å²) in [6, 6.07) is 4.33. The van der Waals surface area contributed by atoms with Gasteiger partial charge in [-0.25, -0.2) is 0 Å². The average Bonchev–Trinajstić information content (AvgIpc) is 2.84. The molecule has 18 heavy (non-hydrogen) atoms. The minimum atomic E-state index is -0.0559. The van der Waals surface area contributed by atoms with Gasteiger partial charge in [-0.1, -0.05) is 20.8 Å². The average molecular weight is 266 g/mol. The van der Waals surface area contributed by atoms with E-state index in [1.165, 1.54) is 9.75 Å². The van der Waals surface area contributed by atoms with Crippen LogP contribution in [0.3, 0.4) is 0 Å². The molecular formula is C14H22N2OS. The van der Waals surface area contributed by atoms with E-state index in [0.29, 0.717) is 12.3 Å². The van der Waals surface area contributed by atoms with Crippen LogP contribution in [0.2, 0.25) is 0 Å². The molecule has 2 N–H and O–H groups in total. The van der Waals surface area contributed by atoms with Crippen LogP contribution in [-0.4, -0.2) is 23.4 Å². The van der Waals surface area contributed by atoms with Crippen molar-refractivity contribution in [3.63, 3.8) is 0 Å². The Bertz CT molecular complexity index is 427.